The minimum absolute atomic E-state index is 0.235. The summed E-state index contributed by atoms with van der Waals surface area (Å²) in [6.07, 6.45) is 1.94. The van der Waals surface area contributed by atoms with Crippen LogP contribution in [0.2, 0.25) is 0 Å². The van der Waals surface area contributed by atoms with Crippen LogP contribution in [0.1, 0.15) is 25.3 Å². The quantitative estimate of drug-likeness (QED) is 0.758. The maximum absolute atomic E-state index is 12.7. The predicted molar refractivity (Wildman–Crippen MR) is 51.0 cm³/mol. The molecule has 0 aromatic heterocycles. The summed E-state index contributed by atoms with van der Waals surface area (Å²) in [6, 6.07) is 6.39. The van der Waals surface area contributed by atoms with E-state index in [1.807, 2.05) is 13.0 Å². The Morgan fingerprint density at radius 2 is 2.23 bits per heavy atom. The van der Waals surface area contributed by atoms with Crippen molar-refractivity contribution >= 4 is 0 Å². The van der Waals surface area contributed by atoms with Gasteiger partial charge < -0.3 is 5.11 Å². The zero-order chi connectivity index (χ0) is 9.68. The summed E-state index contributed by atoms with van der Waals surface area (Å²) in [5.41, 5.74) is 0.862. The Hall–Kier alpha value is -0.890. The van der Waals surface area contributed by atoms with Gasteiger partial charge in [-0.3, -0.25) is 0 Å². The second-order valence-corrected chi connectivity index (χ2v) is 3.28. The molecule has 0 spiro atoms. The minimum Gasteiger partial charge on any atom is -0.393 e. The Labute approximate surface area is 78.2 Å². The molecule has 1 aromatic carbocycles. The molecule has 1 N–H and O–H groups in total. The molecule has 1 nitrogen and oxygen atoms in total. The lowest BCUT2D eigenvalue weighted by molar-refractivity contribution is 0.164. The van der Waals surface area contributed by atoms with Crippen LogP contribution in [-0.2, 0) is 6.42 Å². The summed E-state index contributed by atoms with van der Waals surface area (Å²) in [6.45, 7) is 2.02. The monoisotopic (exact) mass is 182 g/mol. The van der Waals surface area contributed by atoms with Gasteiger partial charge in [0.25, 0.3) is 0 Å². The molecule has 0 aliphatic rings. The van der Waals surface area contributed by atoms with Crippen molar-refractivity contribution < 1.29 is 9.50 Å². The summed E-state index contributed by atoms with van der Waals surface area (Å²) in [7, 11) is 0. The Morgan fingerprint density at radius 1 is 1.46 bits per heavy atom. The molecule has 0 amide bonds. The maximum atomic E-state index is 12.7. The van der Waals surface area contributed by atoms with E-state index in [0.29, 0.717) is 6.42 Å². The van der Waals surface area contributed by atoms with Crippen LogP contribution in [0.25, 0.3) is 0 Å². The molecule has 0 saturated heterocycles. The third-order valence-corrected chi connectivity index (χ3v) is 1.98. The van der Waals surface area contributed by atoms with Crippen LogP contribution >= 0.6 is 0 Å². The smallest absolute Gasteiger partial charge is 0.123 e. The fourth-order valence-electron chi connectivity index (χ4n) is 1.37. The van der Waals surface area contributed by atoms with Gasteiger partial charge in [-0.25, -0.2) is 4.39 Å². The molecule has 1 rings (SSSR count). The van der Waals surface area contributed by atoms with E-state index in [1.165, 1.54) is 12.1 Å². The molecule has 0 heterocycles. The van der Waals surface area contributed by atoms with Gasteiger partial charge in [-0.05, 0) is 30.5 Å². The average molecular weight is 182 g/mol. The summed E-state index contributed by atoms with van der Waals surface area (Å²) in [5, 5.41) is 9.47. The molecule has 0 aliphatic carbocycles. The summed E-state index contributed by atoms with van der Waals surface area (Å²) in [5.74, 6) is -0.235. The number of halogens is 1. The van der Waals surface area contributed by atoms with Gasteiger partial charge in [-0.1, -0.05) is 25.5 Å². The largest absolute Gasteiger partial charge is 0.393 e. The van der Waals surface area contributed by atoms with Crippen molar-refractivity contribution in [3.8, 4) is 0 Å². The number of aliphatic hydroxyl groups excluding tert-OH is 1. The zero-order valence-electron chi connectivity index (χ0n) is 7.83. The fraction of sp³-hybridized carbons (Fsp3) is 0.455. The van der Waals surface area contributed by atoms with Crippen LogP contribution in [0.4, 0.5) is 4.39 Å². The predicted octanol–water partition coefficient (Wildman–Crippen LogP) is 2.53. The van der Waals surface area contributed by atoms with Gasteiger partial charge >= 0.3 is 0 Å². The highest BCUT2D eigenvalue weighted by Crippen LogP contribution is 2.09. The highest BCUT2D eigenvalue weighted by atomic mass is 19.1. The number of aliphatic hydroxyl groups is 1. The molecule has 1 atom stereocenters. The second kappa shape index (κ2) is 4.97. The normalized spacial score (nSPS) is 12.8. The van der Waals surface area contributed by atoms with Gasteiger partial charge in [0, 0.05) is 0 Å². The third-order valence-electron chi connectivity index (χ3n) is 1.98. The van der Waals surface area contributed by atoms with Crippen LogP contribution in [0, 0.1) is 5.82 Å². The number of rotatable bonds is 4. The molecule has 0 aliphatic heterocycles. The lowest BCUT2D eigenvalue weighted by Crippen LogP contribution is -2.09. The zero-order valence-corrected chi connectivity index (χ0v) is 7.83. The maximum Gasteiger partial charge on any atom is 0.123 e. The molecule has 72 valence electrons. The van der Waals surface area contributed by atoms with E-state index >= 15 is 0 Å². The van der Waals surface area contributed by atoms with E-state index < -0.39 is 0 Å². The number of benzene rings is 1. The average Bonchev–Trinajstić information content (AvgIpc) is 2.04. The van der Waals surface area contributed by atoms with E-state index in [-0.39, 0.29) is 11.9 Å². The van der Waals surface area contributed by atoms with E-state index in [0.717, 1.165) is 18.4 Å². The van der Waals surface area contributed by atoms with Crippen molar-refractivity contribution in [3.63, 3.8) is 0 Å². The van der Waals surface area contributed by atoms with Gasteiger partial charge in [0.2, 0.25) is 0 Å². The van der Waals surface area contributed by atoms with E-state index in [4.69, 9.17) is 0 Å². The first kappa shape index (κ1) is 10.2. The molecular weight excluding hydrogens is 167 g/mol. The second-order valence-electron chi connectivity index (χ2n) is 3.28. The highest BCUT2D eigenvalue weighted by Gasteiger charge is 2.04. The first-order chi connectivity index (χ1) is 6.22. The van der Waals surface area contributed by atoms with Gasteiger partial charge in [0.05, 0.1) is 6.10 Å². The lowest BCUT2D eigenvalue weighted by atomic mass is 10.0. The molecule has 0 unspecified atom stereocenters. The SMILES string of the molecule is CCC[C@@H](O)Cc1cccc(F)c1. The Bertz CT molecular complexity index is 260. The standard InChI is InChI=1S/C11H15FO/c1-2-4-11(13)8-9-5-3-6-10(12)7-9/h3,5-7,11,13H,2,4,8H2,1H3/t11-/m1/s1. The summed E-state index contributed by atoms with van der Waals surface area (Å²) >= 11 is 0. The molecule has 2 heteroatoms. The van der Waals surface area contributed by atoms with E-state index in [2.05, 4.69) is 0 Å². The van der Waals surface area contributed by atoms with E-state index in [1.54, 1.807) is 6.07 Å². The van der Waals surface area contributed by atoms with Gasteiger partial charge in [-0.15, -0.1) is 0 Å². The Balaban J connectivity index is 2.53. The summed E-state index contributed by atoms with van der Waals surface area (Å²) in [4.78, 5) is 0. The Morgan fingerprint density at radius 3 is 2.85 bits per heavy atom. The van der Waals surface area contributed by atoms with Crippen LogP contribution < -0.4 is 0 Å². The fourth-order valence-corrected chi connectivity index (χ4v) is 1.37. The molecule has 0 bridgehead atoms. The lowest BCUT2D eigenvalue weighted by Gasteiger charge is -2.08. The van der Waals surface area contributed by atoms with Crippen LogP contribution in [-0.4, -0.2) is 11.2 Å². The molecule has 0 radical (unpaired) electrons. The number of hydrogen-bond donors (Lipinski definition) is 1. The van der Waals surface area contributed by atoms with Crippen molar-refractivity contribution in [1.29, 1.82) is 0 Å². The van der Waals surface area contributed by atoms with Crippen molar-refractivity contribution in [3.05, 3.63) is 35.6 Å². The first-order valence-electron chi connectivity index (χ1n) is 4.65. The molecule has 0 fully saturated rings. The van der Waals surface area contributed by atoms with E-state index in [9.17, 15) is 9.50 Å². The Kier molecular flexibility index (Phi) is 3.90. The van der Waals surface area contributed by atoms with Crippen molar-refractivity contribution in [2.75, 3.05) is 0 Å². The van der Waals surface area contributed by atoms with Crippen molar-refractivity contribution in [2.45, 2.75) is 32.3 Å². The highest BCUT2D eigenvalue weighted by molar-refractivity contribution is 5.16. The first-order valence-corrected chi connectivity index (χ1v) is 4.65. The molecule has 13 heavy (non-hydrogen) atoms. The van der Waals surface area contributed by atoms with Crippen LogP contribution in [0.3, 0.4) is 0 Å². The van der Waals surface area contributed by atoms with Gasteiger partial charge in [0.1, 0.15) is 5.82 Å². The van der Waals surface area contributed by atoms with Crippen molar-refractivity contribution in [2.24, 2.45) is 0 Å². The van der Waals surface area contributed by atoms with Crippen molar-refractivity contribution in [1.82, 2.24) is 0 Å². The van der Waals surface area contributed by atoms with Crippen LogP contribution in [0.5, 0.6) is 0 Å². The third kappa shape index (κ3) is 3.55. The van der Waals surface area contributed by atoms with Crippen LogP contribution in [0.15, 0.2) is 24.3 Å². The minimum atomic E-state index is -0.341. The molecule has 1 aromatic rings. The van der Waals surface area contributed by atoms with Gasteiger partial charge in [0.15, 0.2) is 0 Å². The van der Waals surface area contributed by atoms with Gasteiger partial charge in [-0.2, -0.15) is 0 Å². The number of hydrogen-bond acceptors (Lipinski definition) is 1. The molecular formula is C11H15FO. The molecule has 0 saturated carbocycles. The topological polar surface area (TPSA) is 20.2 Å². The summed E-state index contributed by atoms with van der Waals surface area (Å²) < 4.78 is 12.7.